The fourth-order valence-electron chi connectivity index (χ4n) is 4.46. The van der Waals surface area contributed by atoms with Crippen LogP contribution < -0.4 is 4.74 Å². The van der Waals surface area contributed by atoms with Gasteiger partial charge in [-0.25, -0.2) is 8.42 Å². The molecular weight excluding hydrogens is 456 g/mol. The third kappa shape index (κ3) is 6.72. The van der Waals surface area contributed by atoms with Gasteiger partial charge in [-0.15, -0.1) is 0 Å². The van der Waals surface area contributed by atoms with Crippen LogP contribution in [0.4, 0.5) is 0 Å². The van der Waals surface area contributed by atoms with E-state index in [1.165, 1.54) is 10.4 Å². The summed E-state index contributed by atoms with van der Waals surface area (Å²) < 4.78 is 40.3. The van der Waals surface area contributed by atoms with Crippen LogP contribution in [0.3, 0.4) is 0 Å². The average molecular weight is 495 g/mol. The Morgan fingerprint density at radius 3 is 2.59 bits per heavy atom. The molecule has 0 aliphatic carbocycles. The van der Waals surface area contributed by atoms with E-state index >= 15 is 0 Å². The molecule has 0 saturated carbocycles. The Morgan fingerprint density at radius 1 is 1.24 bits per heavy atom. The molecule has 2 aliphatic heterocycles. The molecule has 0 spiro atoms. The van der Waals surface area contributed by atoms with Crippen LogP contribution in [0.25, 0.3) is 0 Å². The highest BCUT2D eigenvalue weighted by molar-refractivity contribution is 7.89. The quantitative estimate of drug-likeness (QED) is 0.579. The van der Waals surface area contributed by atoms with Gasteiger partial charge in [-0.3, -0.25) is 0 Å². The molecule has 0 amide bonds. The summed E-state index contributed by atoms with van der Waals surface area (Å²) in [4.78, 5) is 2.32. The summed E-state index contributed by atoms with van der Waals surface area (Å²) in [7, 11) is -1.82. The minimum absolute atomic E-state index is 0.0689. The molecule has 0 bridgehead atoms. The van der Waals surface area contributed by atoms with Crippen LogP contribution in [0.5, 0.6) is 5.75 Å². The van der Waals surface area contributed by atoms with Gasteiger partial charge in [0.1, 0.15) is 22.9 Å². The summed E-state index contributed by atoms with van der Waals surface area (Å²) in [5.41, 5.74) is 0.569. The lowest BCUT2D eigenvalue weighted by Crippen LogP contribution is -2.50. The summed E-state index contributed by atoms with van der Waals surface area (Å²) >= 11 is 0. The van der Waals surface area contributed by atoms with Gasteiger partial charge in [-0.2, -0.15) is 4.31 Å². The second kappa shape index (κ2) is 11.8. The van der Waals surface area contributed by atoms with Gasteiger partial charge in [-0.1, -0.05) is 18.8 Å². The maximum absolute atomic E-state index is 13.5. The van der Waals surface area contributed by atoms with E-state index in [2.05, 4.69) is 23.8 Å². The van der Waals surface area contributed by atoms with Crippen molar-refractivity contribution in [2.45, 2.75) is 56.8 Å². The minimum atomic E-state index is -3.89. The Bertz CT molecular complexity index is 981. The lowest BCUT2D eigenvalue weighted by molar-refractivity contribution is 0.0402. The van der Waals surface area contributed by atoms with E-state index < -0.39 is 22.2 Å². The Balaban J connectivity index is 1.94. The number of rotatable bonds is 6. The van der Waals surface area contributed by atoms with Crippen molar-refractivity contribution >= 4 is 10.0 Å². The van der Waals surface area contributed by atoms with E-state index in [4.69, 9.17) is 9.47 Å². The Hall–Kier alpha value is -1.67. The average Bonchev–Trinajstić information content (AvgIpc) is 2.80. The van der Waals surface area contributed by atoms with Crippen LogP contribution in [-0.4, -0.2) is 92.6 Å². The lowest BCUT2D eigenvalue weighted by atomic mass is 9.98. The summed E-state index contributed by atoms with van der Waals surface area (Å²) in [6.07, 6.45) is 1.03. The minimum Gasteiger partial charge on any atom is -0.487 e. The number of fused-ring (bicyclic) bond motifs is 1. The predicted octanol–water partition coefficient (Wildman–Crippen LogP) is 1.55. The third-order valence-electron chi connectivity index (χ3n) is 6.49. The van der Waals surface area contributed by atoms with E-state index in [-0.39, 0.29) is 35.8 Å². The number of likely N-dealkylation sites (N-methyl/N-ethyl adjacent to an activating group) is 1. The van der Waals surface area contributed by atoms with Crippen molar-refractivity contribution in [3.63, 3.8) is 0 Å². The molecule has 9 heteroatoms. The first-order valence-electron chi connectivity index (χ1n) is 12.0. The van der Waals surface area contributed by atoms with Crippen LogP contribution in [-0.2, 0) is 14.8 Å². The molecule has 2 heterocycles. The molecule has 1 fully saturated rings. The fourth-order valence-corrected chi connectivity index (χ4v) is 6.29. The molecule has 34 heavy (non-hydrogen) atoms. The first-order valence-corrected chi connectivity index (χ1v) is 13.4. The van der Waals surface area contributed by atoms with Crippen molar-refractivity contribution < 1.29 is 28.1 Å². The van der Waals surface area contributed by atoms with Crippen molar-refractivity contribution in [2.24, 2.45) is 11.8 Å². The van der Waals surface area contributed by atoms with Gasteiger partial charge in [0.2, 0.25) is 10.0 Å². The van der Waals surface area contributed by atoms with Gasteiger partial charge < -0.3 is 24.6 Å². The normalized spacial score (nSPS) is 25.3. The second-order valence-corrected chi connectivity index (χ2v) is 11.5. The Labute approximate surface area is 203 Å². The molecule has 3 rings (SSSR count). The smallest absolute Gasteiger partial charge is 0.247 e. The number of ether oxygens (including phenoxy) is 2. The van der Waals surface area contributed by atoms with Crippen molar-refractivity contribution in [2.75, 3.05) is 46.5 Å². The van der Waals surface area contributed by atoms with E-state index in [9.17, 15) is 18.6 Å². The molecule has 4 atom stereocenters. The van der Waals surface area contributed by atoms with E-state index in [1.807, 2.05) is 6.92 Å². The van der Waals surface area contributed by atoms with Crippen LogP contribution >= 0.6 is 0 Å². The fraction of sp³-hybridized carbons (Fsp3) is 0.680. The van der Waals surface area contributed by atoms with Crippen molar-refractivity contribution in [1.29, 1.82) is 0 Å². The lowest BCUT2D eigenvalue weighted by Gasteiger charge is -2.38. The maximum atomic E-state index is 13.5. The van der Waals surface area contributed by atoms with Crippen LogP contribution in [0, 0.1) is 23.7 Å². The molecule has 1 aromatic carbocycles. The zero-order chi connectivity index (χ0) is 24.9. The van der Waals surface area contributed by atoms with Gasteiger partial charge in [0.05, 0.1) is 6.61 Å². The van der Waals surface area contributed by atoms with Gasteiger partial charge in [-0.05, 0) is 57.9 Å². The number of hydrogen-bond donors (Lipinski definition) is 2. The molecule has 1 aromatic rings. The first-order chi connectivity index (χ1) is 16.1. The van der Waals surface area contributed by atoms with Crippen LogP contribution in [0.2, 0.25) is 0 Å². The Morgan fingerprint density at radius 2 is 1.94 bits per heavy atom. The van der Waals surface area contributed by atoms with Crippen molar-refractivity contribution in [3.8, 4) is 17.6 Å². The largest absolute Gasteiger partial charge is 0.487 e. The third-order valence-corrected chi connectivity index (χ3v) is 8.51. The highest BCUT2D eigenvalue weighted by atomic mass is 32.2. The topological polar surface area (TPSA) is 99.5 Å². The molecule has 0 unspecified atom stereocenters. The highest BCUT2D eigenvalue weighted by Crippen LogP contribution is 2.34. The molecule has 2 N–H and O–H groups in total. The zero-order valence-corrected chi connectivity index (χ0v) is 21.4. The monoisotopic (exact) mass is 494 g/mol. The maximum Gasteiger partial charge on any atom is 0.247 e. The number of aliphatic hydroxyl groups is 2. The molecular formula is C25H38N2O6S. The molecule has 0 radical (unpaired) electrons. The number of aliphatic hydroxyl groups excluding tert-OH is 2. The summed E-state index contributed by atoms with van der Waals surface area (Å²) in [6.45, 7) is 8.41. The SMILES string of the molecule is C[C@H](O)C#Cc1ccc2c(c1)O[C@H](CN(C)CC1CCOCC1)[C@@H](C)CN([C@H](C)CO)S2(=O)=O. The molecule has 190 valence electrons. The first kappa shape index (κ1) is 26.9. The van der Waals surface area contributed by atoms with Crippen LogP contribution in [0.1, 0.15) is 39.2 Å². The number of hydrogen-bond acceptors (Lipinski definition) is 7. The molecule has 1 saturated heterocycles. The van der Waals surface area contributed by atoms with Gasteiger partial charge in [0, 0.05) is 50.4 Å². The predicted molar refractivity (Wildman–Crippen MR) is 130 cm³/mol. The van der Waals surface area contributed by atoms with Gasteiger partial charge in [0.15, 0.2) is 0 Å². The zero-order valence-electron chi connectivity index (χ0n) is 20.6. The van der Waals surface area contributed by atoms with Crippen molar-refractivity contribution in [3.05, 3.63) is 23.8 Å². The molecule has 8 nitrogen and oxygen atoms in total. The van der Waals surface area contributed by atoms with Crippen molar-refractivity contribution in [1.82, 2.24) is 9.21 Å². The van der Waals surface area contributed by atoms with Gasteiger partial charge >= 0.3 is 0 Å². The number of nitrogens with zero attached hydrogens (tertiary/aromatic N) is 2. The van der Waals surface area contributed by atoms with E-state index in [0.29, 0.717) is 18.0 Å². The van der Waals surface area contributed by atoms with E-state index in [1.54, 1.807) is 26.0 Å². The molecule has 0 aromatic heterocycles. The molecule has 2 aliphatic rings. The number of sulfonamides is 1. The number of benzene rings is 1. The Kier molecular flexibility index (Phi) is 9.38. The second-order valence-electron chi connectivity index (χ2n) is 9.62. The summed E-state index contributed by atoms with van der Waals surface area (Å²) in [5, 5.41) is 19.3. The summed E-state index contributed by atoms with van der Waals surface area (Å²) in [6, 6.07) is 4.20. The highest BCUT2D eigenvalue weighted by Gasteiger charge is 2.38. The standard InChI is InChI=1S/C25H38N2O6S/c1-18-14-27(19(2)17-28)34(30,31)25-8-7-21(6-5-20(3)29)13-23(25)33-24(18)16-26(4)15-22-9-11-32-12-10-22/h7-8,13,18-20,22,24,28-29H,9-12,14-17H2,1-4H3/t18-,19+,20-,24+/m0/s1. The van der Waals surface area contributed by atoms with Crippen LogP contribution in [0.15, 0.2) is 23.1 Å². The van der Waals surface area contributed by atoms with Gasteiger partial charge in [0.25, 0.3) is 0 Å². The van der Waals surface area contributed by atoms with E-state index in [0.717, 1.165) is 32.6 Å². The summed E-state index contributed by atoms with van der Waals surface area (Å²) in [5.74, 6) is 6.28.